The van der Waals surface area contributed by atoms with Gasteiger partial charge in [-0.2, -0.15) is 0 Å². The van der Waals surface area contributed by atoms with Crippen molar-refractivity contribution in [1.29, 1.82) is 0 Å². The van der Waals surface area contributed by atoms with E-state index in [0.29, 0.717) is 0 Å². The zero-order valence-electron chi connectivity index (χ0n) is 12.8. The molecule has 2 atom stereocenters. The fourth-order valence-corrected chi connectivity index (χ4v) is 2.37. The highest BCUT2D eigenvalue weighted by atomic mass is 16.3. The zero-order valence-corrected chi connectivity index (χ0v) is 12.8. The Kier molecular flexibility index (Phi) is 4.99. The normalized spacial score (nSPS) is 14.4. The number of furan rings is 1. The molecule has 0 fully saturated rings. The van der Waals surface area contributed by atoms with Crippen molar-refractivity contribution in [3.05, 3.63) is 59.5 Å². The van der Waals surface area contributed by atoms with E-state index < -0.39 is 0 Å². The number of hydrogen-bond donors (Lipinski definition) is 1. The van der Waals surface area contributed by atoms with Gasteiger partial charge in [0, 0.05) is 12.6 Å². The van der Waals surface area contributed by atoms with E-state index in [1.54, 1.807) is 0 Å². The molecule has 0 saturated heterocycles. The van der Waals surface area contributed by atoms with Crippen LogP contribution in [-0.2, 0) is 0 Å². The van der Waals surface area contributed by atoms with Crippen LogP contribution in [0.2, 0.25) is 0 Å². The maximum atomic E-state index is 5.71. The van der Waals surface area contributed by atoms with E-state index in [0.717, 1.165) is 18.1 Å². The number of nitrogens with zero attached hydrogens (tertiary/aromatic N) is 1. The first kappa shape index (κ1) is 14.8. The number of hydrogen-bond acceptors (Lipinski definition) is 3. The lowest BCUT2D eigenvalue weighted by molar-refractivity contribution is 0.309. The van der Waals surface area contributed by atoms with Gasteiger partial charge in [-0.1, -0.05) is 30.3 Å². The maximum Gasteiger partial charge on any atom is 0.120 e. The van der Waals surface area contributed by atoms with Crippen LogP contribution in [0.15, 0.2) is 46.9 Å². The molecular formula is C17H24N2O. The average Bonchev–Trinajstić information content (AvgIpc) is 2.85. The van der Waals surface area contributed by atoms with Crippen LogP contribution >= 0.6 is 0 Å². The molecule has 1 N–H and O–H groups in total. The quantitative estimate of drug-likeness (QED) is 0.872. The molecule has 108 valence electrons. The van der Waals surface area contributed by atoms with Crippen molar-refractivity contribution in [1.82, 2.24) is 10.2 Å². The van der Waals surface area contributed by atoms with Gasteiger partial charge in [0.2, 0.25) is 0 Å². The van der Waals surface area contributed by atoms with Crippen LogP contribution in [0.3, 0.4) is 0 Å². The molecule has 2 rings (SSSR count). The fourth-order valence-electron chi connectivity index (χ4n) is 2.37. The molecule has 2 unspecified atom stereocenters. The minimum atomic E-state index is 0.189. The van der Waals surface area contributed by atoms with Gasteiger partial charge in [0.1, 0.15) is 11.5 Å². The van der Waals surface area contributed by atoms with Crippen LogP contribution in [0.5, 0.6) is 0 Å². The van der Waals surface area contributed by atoms with Crippen LogP contribution in [0.1, 0.15) is 36.1 Å². The fraction of sp³-hybridized carbons (Fsp3) is 0.412. The zero-order chi connectivity index (χ0) is 14.5. The predicted octanol–water partition coefficient (Wildman–Crippen LogP) is 3.54. The molecule has 0 aliphatic carbocycles. The van der Waals surface area contributed by atoms with E-state index in [1.807, 2.05) is 19.1 Å². The second-order valence-electron chi connectivity index (χ2n) is 5.56. The van der Waals surface area contributed by atoms with Gasteiger partial charge in [-0.3, -0.25) is 5.32 Å². The van der Waals surface area contributed by atoms with E-state index in [9.17, 15) is 0 Å². The molecule has 3 nitrogen and oxygen atoms in total. The van der Waals surface area contributed by atoms with Crippen molar-refractivity contribution < 1.29 is 4.42 Å². The maximum absolute atomic E-state index is 5.71. The van der Waals surface area contributed by atoms with E-state index in [4.69, 9.17) is 4.42 Å². The summed E-state index contributed by atoms with van der Waals surface area (Å²) in [5.41, 5.74) is 1.30. The number of likely N-dealkylation sites (N-methyl/N-ethyl adjacent to an activating group) is 1. The molecule has 1 aromatic carbocycles. The molecule has 20 heavy (non-hydrogen) atoms. The highest BCUT2D eigenvalue weighted by molar-refractivity contribution is 5.20. The van der Waals surface area contributed by atoms with E-state index >= 15 is 0 Å². The SMILES string of the molecule is Cc1ccc(C(C)NC(CN(C)C)c2ccccc2)o1. The van der Waals surface area contributed by atoms with Crippen molar-refractivity contribution in [2.45, 2.75) is 25.9 Å². The van der Waals surface area contributed by atoms with Crippen LogP contribution in [0, 0.1) is 6.92 Å². The van der Waals surface area contributed by atoms with E-state index in [1.165, 1.54) is 5.56 Å². The third-order valence-corrected chi connectivity index (χ3v) is 3.39. The van der Waals surface area contributed by atoms with Crippen LogP contribution in [0.25, 0.3) is 0 Å². The van der Waals surface area contributed by atoms with Gasteiger partial charge in [0.25, 0.3) is 0 Å². The van der Waals surface area contributed by atoms with Crippen molar-refractivity contribution in [2.75, 3.05) is 20.6 Å². The minimum absolute atomic E-state index is 0.189. The Hall–Kier alpha value is -1.58. The number of rotatable bonds is 6. The molecule has 0 bridgehead atoms. The number of benzene rings is 1. The standard InChI is InChI=1S/C17H24N2O/c1-13-10-11-17(20-13)14(2)18-16(12-19(3)4)15-8-6-5-7-9-15/h5-11,14,16,18H,12H2,1-4H3. The van der Waals surface area contributed by atoms with Crippen molar-refractivity contribution in [2.24, 2.45) is 0 Å². The topological polar surface area (TPSA) is 28.4 Å². The summed E-state index contributed by atoms with van der Waals surface area (Å²) in [6.45, 7) is 5.07. The summed E-state index contributed by atoms with van der Waals surface area (Å²) in [5.74, 6) is 1.94. The molecular weight excluding hydrogens is 248 g/mol. The largest absolute Gasteiger partial charge is 0.465 e. The van der Waals surface area contributed by atoms with Gasteiger partial charge in [-0.15, -0.1) is 0 Å². The minimum Gasteiger partial charge on any atom is -0.465 e. The van der Waals surface area contributed by atoms with Crippen LogP contribution < -0.4 is 5.32 Å². The number of aryl methyl sites for hydroxylation is 1. The van der Waals surface area contributed by atoms with E-state index in [-0.39, 0.29) is 12.1 Å². The Morgan fingerprint density at radius 1 is 1.10 bits per heavy atom. The number of nitrogens with one attached hydrogen (secondary N) is 1. The van der Waals surface area contributed by atoms with Crippen molar-refractivity contribution >= 4 is 0 Å². The third kappa shape index (κ3) is 3.95. The summed E-state index contributed by atoms with van der Waals surface area (Å²) in [4.78, 5) is 2.20. The Morgan fingerprint density at radius 3 is 2.35 bits per heavy atom. The van der Waals surface area contributed by atoms with E-state index in [2.05, 4.69) is 61.6 Å². The molecule has 1 aromatic heterocycles. The smallest absolute Gasteiger partial charge is 0.120 e. The summed E-state index contributed by atoms with van der Waals surface area (Å²) in [6.07, 6.45) is 0. The molecule has 0 amide bonds. The van der Waals surface area contributed by atoms with Crippen molar-refractivity contribution in [3.8, 4) is 0 Å². The lowest BCUT2D eigenvalue weighted by Gasteiger charge is -2.25. The molecule has 0 saturated carbocycles. The molecule has 0 aliphatic rings. The Labute approximate surface area is 121 Å². The summed E-state index contributed by atoms with van der Waals surface area (Å²) < 4.78 is 5.71. The Bertz CT molecular complexity index is 519. The highest BCUT2D eigenvalue weighted by Crippen LogP contribution is 2.21. The van der Waals surface area contributed by atoms with Crippen molar-refractivity contribution in [3.63, 3.8) is 0 Å². The van der Waals surface area contributed by atoms with Gasteiger partial charge >= 0.3 is 0 Å². The van der Waals surface area contributed by atoms with Gasteiger partial charge in [0.05, 0.1) is 6.04 Å². The first-order chi connectivity index (χ1) is 9.56. The monoisotopic (exact) mass is 272 g/mol. The first-order valence-electron chi connectivity index (χ1n) is 7.08. The van der Waals surface area contributed by atoms with Crippen LogP contribution in [0.4, 0.5) is 0 Å². The molecule has 1 heterocycles. The summed E-state index contributed by atoms with van der Waals surface area (Å²) >= 11 is 0. The van der Waals surface area contributed by atoms with Gasteiger partial charge in [-0.25, -0.2) is 0 Å². The van der Waals surface area contributed by atoms with Crippen LogP contribution in [-0.4, -0.2) is 25.5 Å². The first-order valence-corrected chi connectivity index (χ1v) is 7.08. The molecule has 0 radical (unpaired) electrons. The molecule has 0 spiro atoms. The third-order valence-electron chi connectivity index (χ3n) is 3.39. The van der Waals surface area contributed by atoms with Gasteiger partial charge in [-0.05, 0) is 45.6 Å². The second kappa shape index (κ2) is 6.73. The lowest BCUT2D eigenvalue weighted by Crippen LogP contribution is -2.32. The second-order valence-corrected chi connectivity index (χ2v) is 5.56. The lowest BCUT2D eigenvalue weighted by atomic mass is 10.1. The summed E-state index contributed by atoms with van der Waals surface area (Å²) in [7, 11) is 4.19. The van der Waals surface area contributed by atoms with Gasteiger partial charge < -0.3 is 9.32 Å². The summed E-state index contributed by atoms with van der Waals surface area (Å²) in [6, 6.07) is 15.1. The Morgan fingerprint density at radius 2 is 1.80 bits per heavy atom. The molecule has 2 aromatic rings. The summed E-state index contributed by atoms with van der Waals surface area (Å²) in [5, 5.41) is 3.66. The van der Waals surface area contributed by atoms with Gasteiger partial charge in [0.15, 0.2) is 0 Å². The highest BCUT2D eigenvalue weighted by Gasteiger charge is 2.17. The Balaban J connectivity index is 2.11. The average molecular weight is 272 g/mol. The predicted molar refractivity (Wildman–Crippen MR) is 82.7 cm³/mol. The molecule has 0 aliphatic heterocycles. The molecule has 3 heteroatoms.